The van der Waals surface area contributed by atoms with Crippen molar-refractivity contribution in [1.29, 1.82) is 0 Å². The highest BCUT2D eigenvalue weighted by atomic mass is 32.2. The van der Waals surface area contributed by atoms with Crippen LogP contribution in [0.15, 0.2) is 78.0 Å². The molecule has 34 heavy (non-hydrogen) atoms. The Balaban J connectivity index is 1.76. The average Bonchev–Trinajstić information content (AvgIpc) is 3.28. The summed E-state index contributed by atoms with van der Waals surface area (Å²) >= 11 is 0. The van der Waals surface area contributed by atoms with E-state index < -0.39 is 10.0 Å². The molecule has 2 heterocycles. The molecule has 0 saturated carbocycles. The maximum atomic E-state index is 13.3. The summed E-state index contributed by atoms with van der Waals surface area (Å²) in [6, 6.07) is 18.1. The summed E-state index contributed by atoms with van der Waals surface area (Å²) in [6.07, 6.45) is 3.64. The number of nitrogens with zero attached hydrogens (tertiary/aromatic N) is 3. The number of anilines is 2. The van der Waals surface area contributed by atoms with Crippen LogP contribution in [0.1, 0.15) is 24.5 Å². The lowest BCUT2D eigenvalue weighted by molar-refractivity contribution is 0.137. The molecule has 0 saturated heterocycles. The Labute approximate surface area is 199 Å². The number of aliphatic hydroxyl groups excluding tert-OH is 1. The van der Waals surface area contributed by atoms with E-state index in [-0.39, 0.29) is 23.2 Å². The maximum absolute atomic E-state index is 13.3. The van der Waals surface area contributed by atoms with Gasteiger partial charge >= 0.3 is 0 Å². The summed E-state index contributed by atoms with van der Waals surface area (Å²) in [6.45, 7) is 4.37. The van der Waals surface area contributed by atoms with Crippen molar-refractivity contribution in [3.63, 3.8) is 0 Å². The zero-order valence-electron chi connectivity index (χ0n) is 19.2. The molecule has 9 heteroatoms. The Morgan fingerprint density at radius 2 is 1.82 bits per heavy atom. The maximum Gasteiger partial charge on any atom is 0.269 e. The van der Waals surface area contributed by atoms with E-state index in [1.54, 1.807) is 30.3 Å². The van der Waals surface area contributed by atoms with Gasteiger partial charge in [0.15, 0.2) is 5.65 Å². The largest absolute Gasteiger partial charge is 0.396 e. The van der Waals surface area contributed by atoms with E-state index in [0.29, 0.717) is 29.7 Å². The SMILES string of the molecule is CC[C@H](CO)N(Cc1ccccc1)Nc1c(N)cnc2c1ccn2S(=O)(=O)c1ccc(C)cc1. The van der Waals surface area contributed by atoms with Gasteiger partial charge in [-0.2, -0.15) is 0 Å². The number of pyridine rings is 1. The third kappa shape index (κ3) is 4.63. The first-order valence-electron chi connectivity index (χ1n) is 11.1. The lowest BCUT2D eigenvalue weighted by Crippen LogP contribution is -2.41. The molecule has 0 aliphatic heterocycles. The van der Waals surface area contributed by atoms with Crippen molar-refractivity contribution in [1.82, 2.24) is 14.0 Å². The van der Waals surface area contributed by atoms with Crippen molar-refractivity contribution in [3.05, 3.63) is 84.2 Å². The van der Waals surface area contributed by atoms with Gasteiger partial charge < -0.3 is 16.3 Å². The molecule has 2 aromatic carbocycles. The molecule has 0 fully saturated rings. The molecule has 0 bridgehead atoms. The number of fused-ring (bicyclic) bond motifs is 1. The van der Waals surface area contributed by atoms with Crippen LogP contribution in [0.5, 0.6) is 0 Å². The minimum atomic E-state index is -3.84. The lowest BCUT2D eigenvalue weighted by atomic mass is 10.1. The Morgan fingerprint density at radius 3 is 2.47 bits per heavy atom. The number of aliphatic hydroxyl groups is 1. The molecule has 0 unspecified atom stereocenters. The zero-order chi connectivity index (χ0) is 24.3. The lowest BCUT2D eigenvalue weighted by Gasteiger charge is -2.31. The first-order chi connectivity index (χ1) is 16.3. The molecule has 1 atom stereocenters. The van der Waals surface area contributed by atoms with Gasteiger partial charge in [-0.1, -0.05) is 55.0 Å². The van der Waals surface area contributed by atoms with Gasteiger partial charge in [-0.3, -0.25) is 0 Å². The first kappa shape index (κ1) is 23.7. The molecular formula is C25H29N5O3S. The number of hydrogen-bond acceptors (Lipinski definition) is 7. The fraction of sp³-hybridized carbons (Fsp3) is 0.240. The van der Waals surface area contributed by atoms with Gasteiger partial charge in [0, 0.05) is 18.1 Å². The minimum absolute atomic E-state index is 0.0483. The van der Waals surface area contributed by atoms with Crippen molar-refractivity contribution < 1.29 is 13.5 Å². The monoisotopic (exact) mass is 479 g/mol. The van der Waals surface area contributed by atoms with Gasteiger partial charge in [-0.15, -0.1) is 0 Å². The van der Waals surface area contributed by atoms with Gasteiger partial charge in [0.1, 0.15) is 0 Å². The standard InChI is InChI=1S/C25H29N5O3S/c1-3-20(17-31)29(16-19-7-5-4-6-8-19)28-24-22-13-14-30(25(22)27-15-23(24)26)34(32,33)21-11-9-18(2)10-12-21/h4-15,20,31H,3,16-17,26H2,1-2H3,(H,27,28)/t20-/m1/s1. The van der Waals surface area contributed by atoms with Crippen LogP contribution in [0, 0.1) is 6.92 Å². The quantitative estimate of drug-likeness (QED) is 0.313. The van der Waals surface area contributed by atoms with Crippen molar-refractivity contribution in [3.8, 4) is 0 Å². The number of hydrogen-bond donors (Lipinski definition) is 3. The summed E-state index contributed by atoms with van der Waals surface area (Å²) < 4.78 is 27.8. The van der Waals surface area contributed by atoms with Gasteiger partial charge in [0.2, 0.25) is 0 Å². The number of nitrogens with two attached hydrogens (primary N) is 1. The number of hydrazine groups is 1. The van der Waals surface area contributed by atoms with Crippen molar-refractivity contribution >= 4 is 32.4 Å². The fourth-order valence-electron chi connectivity index (χ4n) is 3.85. The van der Waals surface area contributed by atoms with Crippen molar-refractivity contribution in [2.75, 3.05) is 17.8 Å². The number of benzene rings is 2. The average molecular weight is 480 g/mol. The van der Waals surface area contributed by atoms with Gasteiger partial charge in [-0.05, 0) is 37.1 Å². The number of nitrogen functional groups attached to an aromatic ring is 1. The fourth-order valence-corrected chi connectivity index (χ4v) is 5.15. The number of aromatic nitrogens is 2. The van der Waals surface area contributed by atoms with E-state index in [1.807, 2.05) is 49.2 Å². The van der Waals surface area contributed by atoms with Crippen molar-refractivity contribution in [2.45, 2.75) is 37.8 Å². The molecule has 2 aromatic heterocycles. The van der Waals surface area contributed by atoms with Crippen LogP contribution >= 0.6 is 0 Å². The predicted molar refractivity (Wildman–Crippen MR) is 135 cm³/mol. The van der Waals surface area contributed by atoms with Crippen LogP contribution in [0.4, 0.5) is 11.4 Å². The number of rotatable bonds is 9. The molecule has 0 aliphatic carbocycles. The molecular weight excluding hydrogens is 450 g/mol. The van der Waals surface area contributed by atoms with E-state index in [1.165, 1.54) is 16.4 Å². The van der Waals surface area contributed by atoms with E-state index in [4.69, 9.17) is 5.73 Å². The Kier molecular flexibility index (Phi) is 6.87. The molecule has 0 aliphatic rings. The van der Waals surface area contributed by atoms with Crippen LogP contribution < -0.4 is 11.2 Å². The van der Waals surface area contributed by atoms with Crippen LogP contribution in [0.25, 0.3) is 11.0 Å². The smallest absolute Gasteiger partial charge is 0.269 e. The zero-order valence-corrected chi connectivity index (χ0v) is 20.0. The number of nitrogens with one attached hydrogen (secondary N) is 1. The Morgan fingerprint density at radius 1 is 1.12 bits per heavy atom. The molecule has 0 amide bonds. The van der Waals surface area contributed by atoms with E-state index in [0.717, 1.165) is 11.1 Å². The summed E-state index contributed by atoms with van der Waals surface area (Å²) in [7, 11) is -3.84. The number of aryl methyl sites for hydroxylation is 1. The third-order valence-electron chi connectivity index (χ3n) is 5.86. The highest BCUT2D eigenvalue weighted by Crippen LogP contribution is 2.32. The molecule has 0 radical (unpaired) electrons. The van der Waals surface area contributed by atoms with Gasteiger partial charge in [0.25, 0.3) is 10.0 Å². The van der Waals surface area contributed by atoms with E-state index >= 15 is 0 Å². The molecule has 4 rings (SSSR count). The normalized spacial score (nSPS) is 12.8. The Bertz CT molecular complexity index is 1370. The van der Waals surface area contributed by atoms with Crippen LogP contribution in [-0.4, -0.2) is 40.1 Å². The minimum Gasteiger partial charge on any atom is -0.396 e. The molecule has 178 valence electrons. The third-order valence-corrected chi connectivity index (χ3v) is 7.54. The van der Waals surface area contributed by atoms with E-state index in [9.17, 15) is 13.5 Å². The molecule has 4 N–H and O–H groups in total. The van der Waals surface area contributed by atoms with Crippen LogP contribution in [0.2, 0.25) is 0 Å². The van der Waals surface area contributed by atoms with Gasteiger partial charge in [-0.25, -0.2) is 22.4 Å². The second kappa shape index (κ2) is 9.84. The first-order valence-corrected chi connectivity index (χ1v) is 12.5. The second-order valence-corrected chi connectivity index (χ2v) is 10.0. The predicted octanol–water partition coefficient (Wildman–Crippen LogP) is 3.76. The van der Waals surface area contributed by atoms with Crippen LogP contribution in [0.3, 0.4) is 0 Å². The van der Waals surface area contributed by atoms with Crippen molar-refractivity contribution in [2.24, 2.45) is 0 Å². The summed E-state index contributed by atoms with van der Waals surface area (Å²) in [4.78, 5) is 4.52. The highest BCUT2D eigenvalue weighted by molar-refractivity contribution is 7.90. The molecule has 8 nitrogen and oxygen atoms in total. The molecule has 0 spiro atoms. The Hall–Kier alpha value is -3.40. The summed E-state index contributed by atoms with van der Waals surface area (Å²) in [5.74, 6) is 0. The second-order valence-electron chi connectivity index (χ2n) is 8.23. The summed E-state index contributed by atoms with van der Waals surface area (Å²) in [5.41, 5.74) is 12.9. The topological polar surface area (TPSA) is 113 Å². The highest BCUT2D eigenvalue weighted by Gasteiger charge is 2.23. The van der Waals surface area contributed by atoms with E-state index in [2.05, 4.69) is 10.4 Å². The van der Waals surface area contributed by atoms with Crippen LogP contribution in [-0.2, 0) is 16.6 Å². The molecule has 4 aromatic rings. The van der Waals surface area contributed by atoms with Gasteiger partial charge in [0.05, 0.1) is 35.1 Å². The summed E-state index contributed by atoms with van der Waals surface area (Å²) in [5, 5.41) is 12.5.